The number of nitrogens with one attached hydrogen (secondary N) is 1. The molecule has 1 aromatic rings. The van der Waals surface area contributed by atoms with Gasteiger partial charge in [0.25, 0.3) is 0 Å². The Labute approximate surface area is 142 Å². The third-order valence-corrected chi connectivity index (χ3v) is 5.07. The highest BCUT2D eigenvalue weighted by Gasteiger charge is 2.36. The molecule has 1 atom stereocenters. The number of carbonyl (C=O) groups excluding carboxylic acids is 2. The van der Waals surface area contributed by atoms with E-state index in [0.717, 1.165) is 41.8 Å². The molecule has 23 heavy (non-hydrogen) atoms. The van der Waals surface area contributed by atoms with Crippen LogP contribution in [0.25, 0.3) is 0 Å². The van der Waals surface area contributed by atoms with Crippen LogP contribution in [0.15, 0.2) is 18.2 Å². The topological polar surface area (TPSA) is 49.4 Å². The van der Waals surface area contributed by atoms with E-state index < -0.39 is 0 Å². The second-order valence-corrected chi connectivity index (χ2v) is 7.02. The van der Waals surface area contributed by atoms with Crippen molar-refractivity contribution in [3.05, 3.63) is 34.3 Å². The highest BCUT2D eigenvalue weighted by molar-refractivity contribution is 6.31. The van der Waals surface area contributed by atoms with Gasteiger partial charge in [-0.2, -0.15) is 0 Å². The maximum Gasteiger partial charge on any atom is 0.243 e. The van der Waals surface area contributed by atoms with Gasteiger partial charge in [-0.05, 0) is 56.2 Å². The summed E-state index contributed by atoms with van der Waals surface area (Å²) < 4.78 is 0. The Morgan fingerprint density at radius 1 is 1.30 bits per heavy atom. The first-order valence-electron chi connectivity index (χ1n) is 8.39. The fraction of sp³-hybridized carbons (Fsp3) is 0.556. The van der Waals surface area contributed by atoms with Gasteiger partial charge in [-0.15, -0.1) is 0 Å². The normalized spacial score (nSPS) is 20.6. The van der Waals surface area contributed by atoms with Gasteiger partial charge in [-0.1, -0.05) is 23.7 Å². The number of benzene rings is 1. The van der Waals surface area contributed by atoms with E-state index in [1.54, 1.807) is 4.90 Å². The molecule has 0 bridgehead atoms. The molecule has 1 unspecified atom stereocenters. The van der Waals surface area contributed by atoms with E-state index in [9.17, 15) is 9.59 Å². The van der Waals surface area contributed by atoms with Crippen molar-refractivity contribution < 1.29 is 9.59 Å². The summed E-state index contributed by atoms with van der Waals surface area (Å²) in [4.78, 5) is 26.5. The predicted octanol–water partition coefficient (Wildman–Crippen LogP) is 2.85. The summed E-state index contributed by atoms with van der Waals surface area (Å²) in [5.74, 6) is 0.0897. The van der Waals surface area contributed by atoms with Crippen molar-refractivity contribution in [2.45, 2.75) is 57.5 Å². The molecule has 4 nitrogen and oxygen atoms in total. The van der Waals surface area contributed by atoms with E-state index in [4.69, 9.17) is 11.6 Å². The van der Waals surface area contributed by atoms with Crippen molar-refractivity contribution in [2.24, 2.45) is 0 Å². The minimum atomic E-state index is -0.273. The van der Waals surface area contributed by atoms with Crippen molar-refractivity contribution in [1.29, 1.82) is 0 Å². The van der Waals surface area contributed by atoms with Gasteiger partial charge in [0.05, 0.1) is 0 Å². The van der Waals surface area contributed by atoms with Crippen molar-refractivity contribution >= 4 is 23.4 Å². The second kappa shape index (κ2) is 6.91. The average molecular weight is 335 g/mol. The standard InChI is InChI=1S/C18H23ClN2O2/c1-12-4-5-13(11-15(12)19)6-9-17(22)21-10-2-3-16(21)18(23)20-14-7-8-14/h4-5,11,14,16H,2-3,6-10H2,1H3,(H,20,23). The van der Waals surface area contributed by atoms with Crippen LogP contribution in [0.3, 0.4) is 0 Å². The molecule has 1 N–H and O–H groups in total. The Morgan fingerprint density at radius 3 is 2.78 bits per heavy atom. The molecule has 2 fully saturated rings. The van der Waals surface area contributed by atoms with Crippen molar-refractivity contribution in [1.82, 2.24) is 10.2 Å². The molecule has 1 saturated heterocycles. The van der Waals surface area contributed by atoms with Crippen LogP contribution in [-0.2, 0) is 16.0 Å². The Kier molecular flexibility index (Phi) is 4.90. The zero-order chi connectivity index (χ0) is 16.4. The largest absolute Gasteiger partial charge is 0.352 e. The lowest BCUT2D eigenvalue weighted by Gasteiger charge is -2.24. The molecular weight excluding hydrogens is 312 g/mol. The van der Waals surface area contributed by atoms with Gasteiger partial charge in [-0.3, -0.25) is 9.59 Å². The van der Waals surface area contributed by atoms with Gasteiger partial charge in [0.2, 0.25) is 11.8 Å². The fourth-order valence-corrected chi connectivity index (χ4v) is 3.25. The number of nitrogens with zero attached hydrogens (tertiary/aromatic N) is 1. The summed E-state index contributed by atoms with van der Waals surface area (Å²) in [6.45, 7) is 2.65. The zero-order valence-corrected chi connectivity index (χ0v) is 14.2. The van der Waals surface area contributed by atoms with Crippen LogP contribution in [0, 0.1) is 6.92 Å². The molecule has 2 aliphatic rings. The minimum absolute atomic E-state index is 0.0248. The molecule has 5 heteroatoms. The fourth-order valence-electron chi connectivity index (χ4n) is 3.05. The number of carbonyl (C=O) groups is 2. The van der Waals surface area contributed by atoms with Gasteiger partial charge in [0.15, 0.2) is 0 Å². The van der Waals surface area contributed by atoms with Gasteiger partial charge >= 0.3 is 0 Å². The first-order chi connectivity index (χ1) is 11.0. The quantitative estimate of drug-likeness (QED) is 0.900. The highest BCUT2D eigenvalue weighted by atomic mass is 35.5. The number of halogens is 1. The lowest BCUT2D eigenvalue weighted by molar-refractivity contribution is -0.138. The predicted molar refractivity (Wildman–Crippen MR) is 90.4 cm³/mol. The molecule has 1 heterocycles. The Morgan fingerprint density at radius 2 is 2.09 bits per heavy atom. The summed E-state index contributed by atoms with van der Waals surface area (Å²) in [5, 5.41) is 3.75. The van der Waals surface area contributed by atoms with Crippen molar-refractivity contribution in [3.63, 3.8) is 0 Å². The molecule has 1 aromatic carbocycles. The summed E-state index contributed by atoms with van der Waals surface area (Å²) in [5.41, 5.74) is 2.10. The zero-order valence-electron chi connectivity index (χ0n) is 13.5. The molecular formula is C18H23ClN2O2. The second-order valence-electron chi connectivity index (χ2n) is 6.61. The summed E-state index contributed by atoms with van der Waals surface area (Å²) in [6, 6.07) is 5.98. The number of aryl methyl sites for hydroxylation is 2. The number of likely N-dealkylation sites (tertiary alicyclic amines) is 1. The van der Waals surface area contributed by atoms with Crippen LogP contribution in [0.5, 0.6) is 0 Å². The lowest BCUT2D eigenvalue weighted by Crippen LogP contribution is -2.46. The van der Waals surface area contributed by atoms with E-state index in [-0.39, 0.29) is 17.9 Å². The molecule has 3 rings (SSSR count). The van der Waals surface area contributed by atoms with Crippen LogP contribution in [-0.4, -0.2) is 35.3 Å². The SMILES string of the molecule is Cc1ccc(CCC(=O)N2CCCC2C(=O)NC2CC2)cc1Cl. The van der Waals surface area contributed by atoms with Crippen LogP contribution >= 0.6 is 11.6 Å². The summed E-state index contributed by atoms with van der Waals surface area (Å²) >= 11 is 6.13. The van der Waals surface area contributed by atoms with E-state index in [1.807, 2.05) is 25.1 Å². The molecule has 0 aromatic heterocycles. The van der Waals surface area contributed by atoms with E-state index in [1.165, 1.54) is 0 Å². The van der Waals surface area contributed by atoms with Crippen molar-refractivity contribution in [2.75, 3.05) is 6.54 Å². The van der Waals surface area contributed by atoms with Gasteiger partial charge in [0.1, 0.15) is 6.04 Å². The maximum absolute atomic E-state index is 12.5. The lowest BCUT2D eigenvalue weighted by atomic mass is 10.1. The average Bonchev–Trinajstić information content (AvgIpc) is 3.20. The van der Waals surface area contributed by atoms with Gasteiger partial charge < -0.3 is 10.2 Å². The first-order valence-corrected chi connectivity index (χ1v) is 8.77. The molecule has 1 aliphatic carbocycles. The molecule has 2 amide bonds. The molecule has 0 radical (unpaired) electrons. The maximum atomic E-state index is 12.5. The highest BCUT2D eigenvalue weighted by Crippen LogP contribution is 2.23. The Hall–Kier alpha value is -1.55. The third kappa shape index (κ3) is 4.05. The Bertz CT molecular complexity index is 613. The smallest absolute Gasteiger partial charge is 0.243 e. The Balaban J connectivity index is 1.55. The number of amides is 2. The third-order valence-electron chi connectivity index (χ3n) is 4.66. The minimum Gasteiger partial charge on any atom is -0.352 e. The summed E-state index contributed by atoms with van der Waals surface area (Å²) in [6.07, 6.45) is 4.91. The van der Waals surface area contributed by atoms with E-state index in [0.29, 0.717) is 25.4 Å². The molecule has 0 spiro atoms. The van der Waals surface area contributed by atoms with Gasteiger partial charge in [0, 0.05) is 24.0 Å². The monoisotopic (exact) mass is 334 g/mol. The van der Waals surface area contributed by atoms with Crippen LogP contribution in [0.4, 0.5) is 0 Å². The van der Waals surface area contributed by atoms with Crippen LogP contribution in [0.2, 0.25) is 5.02 Å². The van der Waals surface area contributed by atoms with Crippen LogP contribution < -0.4 is 5.32 Å². The van der Waals surface area contributed by atoms with Gasteiger partial charge in [-0.25, -0.2) is 0 Å². The number of hydrogen-bond acceptors (Lipinski definition) is 2. The van der Waals surface area contributed by atoms with E-state index >= 15 is 0 Å². The summed E-state index contributed by atoms with van der Waals surface area (Å²) in [7, 11) is 0. The molecule has 1 aliphatic heterocycles. The molecule has 1 saturated carbocycles. The van der Waals surface area contributed by atoms with Crippen molar-refractivity contribution in [3.8, 4) is 0 Å². The van der Waals surface area contributed by atoms with E-state index in [2.05, 4.69) is 5.32 Å². The number of rotatable bonds is 5. The molecule has 124 valence electrons. The number of hydrogen-bond donors (Lipinski definition) is 1. The first kappa shape index (κ1) is 16.3. The van der Waals surface area contributed by atoms with Crippen LogP contribution in [0.1, 0.15) is 43.2 Å².